The number of carbonyl (C=O) groups excluding carboxylic acids is 1. The fourth-order valence-corrected chi connectivity index (χ4v) is 3.04. The van der Waals surface area contributed by atoms with Crippen LogP contribution in [-0.4, -0.2) is 22.5 Å². The van der Waals surface area contributed by atoms with E-state index < -0.39 is 5.97 Å². The highest BCUT2D eigenvalue weighted by Gasteiger charge is 2.43. The van der Waals surface area contributed by atoms with E-state index in [-0.39, 0.29) is 17.0 Å². The molecule has 0 aromatic heterocycles. The number of benzene rings is 2. The van der Waals surface area contributed by atoms with Crippen molar-refractivity contribution in [1.82, 2.24) is 5.32 Å². The zero-order valence-corrected chi connectivity index (χ0v) is 13.5. The molecule has 0 heterocycles. The maximum absolute atomic E-state index is 12.3. The Morgan fingerprint density at radius 3 is 2.33 bits per heavy atom. The summed E-state index contributed by atoms with van der Waals surface area (Å²) in [6.45, 7) is 0. The molecule has 1 aliphatic rings. The molecule has 0 bridgehead atoms. The predicted octanol–water partition coefficient (Wildman–Crippen LogP) is 3.21. The van der Waals surface area contributed by atoms with Crippen LogP contribution in [0.15, 0.2) is 54.6 Å². The minimum atomic E-state index is -0.950. The summed E-state index contributed by atoms with van der Waals surface area (Å²) in [5, 5.41) is 12.3. The second-order valence-corrected chi connectivity index (χ2v) is 6.45. The molecule has 2 aromatic rings. The van der Waals surface area contributed by atoms with Crippen LogP contribution >= 0.6 is 0 Å². The van der Waals surface area contributed by atoms with Crippen molar-refractivity contribution >= 4 is 11.9 Å². The Hall–Kier alpha value is -2.62. The first-order chi connectivity index (χ1) is 11.6. The maximum Gasteiger partial charge on any atom is 0.335 e. The summed E-state index contributed by atoms with van der Waals surface area (Å²) in [6, 6.07) is 17.0. The third-order valence-electron chi connectivity index (χ3n) is 4.51. The van der Waals surface area contributed by atoms with E-state index in [1.54, 1.807) is 24.3 Å². The smallest absolute Gasteiger partial charge is 0.335 e. The Morgan fingerprint density at radius 1 is 1.00 bits per heavy atom. The fourth-order valence-electron chi connectivity index (χ4n) is 3.04. The van der Waals surface area contributed by atoms with Crippen molar-refractivity contribution in [3.8, 4) is 0 Å². The topological polar surface area (TPSA) is 66.4 Å². The molecule has 0 radical (unpaired) electrons. The second kappa shape index (κ2) is 6.87. The van der Waals surface area contributed by atoms with Gasteiger partial charge < -0.3 is 10.4 Å². The molecule has 0 aliphatic heterocycles. The van der Waals surface area contributed by atoms with Crippen molar-refractivity contribution in [2.75, 3.05) is 0 Å². The molecular weight excluding hydrogens is 302 g/mol. The quantitative estimate of drug-likeness (QED) is 0.822. The van der Waals surface area contributed by atoms with Gasteiger partial charge in [-0.3, -0.25) is 4.79 Å². The number of aromatic carboxylic acids is 1. The zero-order chi connectivity index (χ0) is 17.0. The molecule has 124 valence electrons. The molecule has 4 heteroatoms. The van der Waals surface area contributed by atoms with Crippen molar-refractivity contribution in [3.63, 3.8) is 0 Å². The van der Waals surface area contributed by atoms with Gasteiger partial charge in [-0.1, -0.05) is 48.5 Å². The average Bonchev–Trinajstić information content (AvgIpc) is 3.33. The predicted molar refractivity (Wildman–Crippen MR) is 92.0 cm³/mol. The van der Waals surface area contributed by atoms with E-state index in [9.17, 15) is 14.7 Å². The molecule has 2 aromatic carbocycles. The van der Waals surface area contributed by atoms with E-state index in [4.69, 9.17) is 0 Å². The molecule has 4 nitrogen and oxygen atoms in total. The van der Waals surface area contributed by atoms with Crippen LogP contribution in [-0.2, 0) is 17.6 Å². The lowest BCUT2D eigenvalue weighted by Crippen LogP contribution is -2.38. The molecule has 2 N–H and O–H groups in total. The van der Waals surface area contributed by atoms with Crippen molar-refractivity contribution in [2.24, 2.45) is 0 Å². The number of hydrogen-bond donors (Lipinski definition) is 2. The number of carbonyl (C=O) groups is 2. The third-order valence-corrected chi connectivity index (χ3v) is 4.51. The van der Waals surface area contributed by atoms with Crippen LogP contribution in [0.25, 0.3) is 0 Å². The van der Waals surface area contributed by atoms with Gasteiger partial charge >= 0.3 is 5.97 Å². The fraction of sp³-hybridized carbons (Fsp3) is 0.300. The molecule has 0 atom stereocenters. The van der Waals surface area contributed by atoms with E-state index in [0.29, 0.717) is 18.4 Å². The lowest BCUT2D eigenvalue weighted by molar-refractivity contribution is -0.122. The first-order valence-electron chi connectivity index (χ1n) is 8.24. The van der Waals surface area contributed by atoms with Gasteiger partial charge in [0.2, 0.25) is 5.91 Å². The van der Waals surface area contributed by atoms with Crippen LogP contribution in [0, 0.1) is 0 Å². The Balaban J connectivity index is 1.56. The minimum Gasteiger partial charge on any atom is -0.478 e. The second-order valence-electron chi connectivity index (χ2n) is 6.45. The highest BCUT2D eigenvalue weighted by molar-refractivity contribution is 5.89. The van der Waals surface area contributed by atoms with Gasteiger partial charge in [-0.05, 0) is 42.9 Å². The molecule has 1 aliphatic carbocycles. The maximum atomic E-state index is 12.3. The SMILES string of the molecule is O=C(CCc1ccccc1C(=O)O)NC1(Cc2ccccc2)CC1. The number of hydrogen-bond acceptors (Lipinski definition) is 2. The van der Waals surface area contributed by atoms with Crippen LogP contribution in [0.2, 0.25) is 0 Å². The van der Waals surface area contributed by atoms with Crippen molar-refractivity contribution in [3.05, 3.63) is 71.3 Å². The van der Waals surface area contributed by atoms with Crippen molar-refractivity contribution in [1.29, 1.82) is 0 Å². The number of aryl methyl sites for hydroxylation is 1. The van der Waals surface area contributed by atoms with E-state index in [2.05, 4.69) is 17.4 Å². The van der Waals surface area contributed by atoms with E-state index in [1.165, 1.54) is 5.56 Å². The molecule has 3 rings (SSSR count). The van der Waals surface area contributed by atoms with Gasteiger partial charge in [0.1, 0.15) is 0 Å². The van der Waals surface area contributed by atoms with E-state index in [1.807, 2.05) is 18.2 Å². The van der Waals surface area contributed by atoms with Crippen LogP contribution in [0.1, 0.15) is 40.7 Å². The number of rotatable bonds is 7. The van der Waals surface area contributed by atoms with Crippen LogP contribution in [0.4, 0.5) is 0 Å². The number of carboxylic acid groups (broad SMARTS) is 1. The van der Waals surface area contributed by atoms with Gasteiger partial charge in [-0.25, -0.2) is 4.79 Å². The summed E-state index contributed by atoms with van der Waals surface area (Å²) in [5.41, 5.74) is 2.10. The summed E-state index contributed by atoms with van der Waals surface area (Å²) in [7, 11) is 0. The lowest BCUT2D eigenvalue weighted by atomic mass is 10.0. The van der Waals surface area contributed by atoms with Gasteiger partial charge in [-0.15, -0.1) is 0 Å². The third kappa shape index (κ3) is 4.02. The van der Waals surface area contributed by atoms with Crippen molar-refractivity contribution in [2.45, 2.75) is 37.6 Å². The monoisotopic (exact) mass is 323 g/mol. The largest absolute Gasteiger partial charge is 0.478 e. The van der Waals surface area contributed by atoms with Gasteiger partial charge in [0.15, 0.2) is 0 Å². The molecule has 1 saturated carbocycles. The molecule has 0 saturated heterocycles. The van der Waals surface area contributed by atoms with Crippen LogP contribution in [0.5, 0.6) is 0 Å². The Bertz CT molecular complexity index is 736. The molecule has 1 amide bonds. The lowest BCUT2D eigenvalue weighted by Gasteiger charge is -2.18. The Morgan fingerprint density at radius 2 is 1.67 bits per heavy atom. The molecule has 1 fully saturated rings. The zero-order valence-electron chi connectivity index (χ0n) is 13.5. The summed E-state index contributed by atoms with van der Waals surface area (Å²) in [5.74, 6) is -0.961. The highest BCUT2D eigenvalue weighted by atomic mass is 16.4. The summed E-state index contributed by atoms with van der Waals surface area (Å²) in [4.78, 5) is 23.5. The molecular formula is C20H21NO3. The van der Waals surface area contributed by atoms with E-state index >= 15 is 0 Å². The first kappa shape index (κ1) is 16.2. The van der Waals surface area contributed by atoms with Gasteiger partial charge in [0.05, 0.1) is 5.56 Å². The molecule has 0 spiro atoms. The normalized spacial score (nSPS) is 14.8. The summed E-state index contributed by atoms with van der Waals surface area (Å²) in [6.07, 6.45) is 3.60. The minimum absolute atomic E-state index is 0.0105. The Labute approximate surface area is 141 Å². The van der Waals surface area contributed by atoms with Gasteiger partial charge in [0, 0.05) is 12.0 Å². The average molecular weight is 323 g/mol. The molecule has 0 unspecified atom stereocenters. The number of amides is 1. The van der Waals surface area contributed by atoms with Crippen molar-refractivity contribution < 1.29 is 14.7 Å². The first-order valence-corrected chi connectivity index (χ1v) is 8.24. The summed E-state index contributed by atoms with van der Waals surface area (Å²) < 4.78 is 0. The van der Waals surface area contributed by atoms with Gasteiger partial charge in [-0.2, -0.15) is 0 Å². The van der Waals surface area contributed by atoms with Gasteiger partial charge in [0.25, 0.3) is 0 Å². The highest BCUT2D eigenvalue weighted by Crippen LogP contribution is 2.38. The standard InChI is InChI=1S/C20H21NO3/c22-18(11-10-16-8-4-5-9-17(16)19(23)24)21-20(12-13-20)14-15-6-2-1-3-7-15/h1-9H,10-14H2,(H,21,22)(H,23,24). The number of carboxylic acids is 1. The summed E-state index contributed by atoms with van der Waals surface area (Å²) >= 11 is 0. The van der Waals surface area contributed by atoms with Crippen LogP contribution < -0.4 is 5.32 Å². The molecule has 24 heavy (non-hydrogen) atoms. The van der Waals surface area contributed by atoms with Crippen LogP contribution in [0.3, 0.4) is 0 Å². The number of nitrogens with one attached hydrogen (secondary N) is 1. The van der Waals surface area contributed by atoms with E-state index in [0.717, 1.165) is 19.3 Å². The Kier molecular flexibility index (Phi) is 4.65.